The third kappa shape index (κ3) is 3.81. The van der Waals surface area contributed by atoms with Gasteiger partial charge in [-0.2, -0.15) is 13.2 Å². The average Bonchev–Trinajstić information content (AvgIpc) is 3.21. The number of carboxylic acid groups (broad SMARTS) is 1. The van der Waals surface area contributed by atoms with Gasteiger partial charge in [-0.25, -0.2) is 9.78 Å². The van der Waals surface area contributed by atoms with Crippen molar-refractivity contribution in [1.82, 2.24) is 10.3 Å². The van der Waals surface area contributed by atoms with Crippen LogP contribution in [0.5, 0.6) is 0 Å². The van der Waals surface area contributed by atoms with Crippen molar-refractivity contribution in [3.05, 3.63) is 51.5 Å². The SMILES string of the molecule is O=C(O)c1csc(CNC(=O)[C@@H]2C[C@H]2c2ccccc2C(F)(F)F)n1. The molecule has 1 amide bonds. The maximum absolute atomic E-state index is 13.0. The standard InChI is InChI=1S/C16H13F3N2O3S/c17-16(18,19)11-4-2-1-3-8(11)9-5-10(9)14(22)20-6-13-21-12(7-25-13)15(23)24/h1-4,7,9-10H,5-6H2,(H,20,22)(H,23,24)/t9-,10+/m0/s1. The number of halogens is 3. The van der Waals surface area contributed by atoms with Crippen molar-refractivity contribution in [2.45, 2.75) is 25.1 Å². The molecule has 5 nitrogen and oxygen atoms in total. The van der Waals surface area contributed by atoms with Crippen LogP contribution in [-0.4, -0.2) is 22.0 Å². The van der Waals surface area contributed by atoms with E-state index in [0.29, 0.717) is 11.4 Å². The van der Waals surface area contributed by atoms with Gasteiger partial charge < -0.3 is 10.4 Å². The summed E-state index contributed by atoms with van der Waals surface area (Å²) in [6, 6.07) is 5.28. The van der Waals surface area contributed by atoms with Crippen molar-refractivity contribution in [1.29, 1.82) is 0 Å². The zero-order valence-corrected chi connectivity index (χ0v) is 13.5. The van der Waals surface area contributed by atoms with Crippen molar-refractivity contribution < 1.29 is 27.9 Å². The van der Waals surface area contributed by atoms with E-state index in [4.69, 9.17) is 5.11 Å². The first-order valence-corrected chi connectivity index (χ1v) is 8.27. The molecule has 1 aliphatic rings. The van der Waals surface area contributed by atoms with E-state index in [9.17, 15) is 22.8 Å². The molecule has 0 bridgehead atoms. The Bertz CT molecular complexity index is 819. The maximum atomic E-state index is 13.0. The van der Waals surface area contributed by atoms with Crippen molar-refractivity contribution in [3.63, 3.8) is 0 Å². The number of benzene rings is 1. The highest BCUT2D eigenvalue weighted by molar-refractivity contribution is 7.09. The second-order valence-corrected chi connectivity index (χ2v) is 6.63. The monoisotopic (exact) mass is 370 g/mol. The zero-order chi connectivity index (χ0) is 18.2. The van der Waals surface area contributed by atoms with Gasteiger partial charge in [-0.1, -0.05) is 18.2 Å². The molecule has 1 saturated carbocycles. The Morgan fingerprint density at radius 3 is 2.68 bits per heavy atom. The number of hydrogen-bond donors (Lipinski definition) is 2. The van der Waals surface area contributed by atoms with Crippen LogP contribution in [0.1, 0.15) is 39.0 Å². The lowest BCUT2D eigenvalue weighted by Gasteiger charge is -2.12. The molecule has 0 spiro atoms. The van der Waals surface area contributed by atoms with Crippen LogP contribution in [0.2, 0.25) is 0 Å². The van der Waals surface area contributed by atoms with Crippen molar-refractivity contribution in [2.24, 2.45) is 5.92 Å². The summed E-state index contributed by atoms with van der Waals surface area (Å²) < 4.78 is 39.1. The Balaban J connectivity index is 1.62. The maximum Gasteiger partial charge on any atom is 0.416 e. The van der Waals surface area contributed by atoms with E-state index in [1.165, 1.54) is 23.6 Å². The number of thiazole rings is 1. The highest BCUT2D eigenvalue weighted by Crippen LogP contribution is 2.51. The van der Waals surface area contributed by atoms with Gasteiger partial charge in [0.1, 0.15) is 5.01 Å². The average molecular weight is 370 g/mol. The second kappa shape index (κ2) is 6.47. The molecular formula is C16H13F3N2O3S. The number of nitrogens with zero attached hydrogens (tertiary/aromatic N) is 1. The lowest BCUT2D eigenvalue weighted by atomic mass is 10.0. The van der Waals surface area contributed by atoms with Crippen LogP contribution in [0.15, 0.2) is 29.6 Å². The molecule has 1 fully saturated rings. The van der Waals surface area contributed by atoms with Crippen LogP contribution < -0.4 is 5.32 Å². The highest BCUT2D eigenvalue weighted by atomic mass is 32.1. The lowest BCUT2D eigenvalue weighted by molar-refractivity contribution is -0.138. The van der Waals surface area contributed by atoms with Gasteiger partial charge in [0.25, 0.3) is 0 Å². The number of carboxylic acids is 1. The largest absolute Gasteiger partial charge is 0.476 e. The summed E-state index contributed by atoms with van der Waals surface area (Å²) in [5, 5.41) is 13.2. The van der Waals surface area contributed by atoms with E-state index < -0.39 is 29.5 Å². The zero-order valence-electron chi connectivity index (χ0n) is 12.7. The molecule has 0 radical (unpaired) electrons. The number of alkyl halides is 3. The molecule has 132 valence electrons. The van der Waals surface area contributed by atoms with Gasteiger partial charge in [0, 0.05) is 11.3 Å². The Morgan fingerprint density at radius 1 is 1.32 bits per heavy atom. The molecule has 9 heteroatoms. The number of carbonyl (C=O) groups is 2. The summed E-state index contributed by atoms with van der Waals surface area (Å²) in [5.74, 6) is -2.47. The van der Waals surface area contributed by atoms with E-state index in [1.54, 1.807) is 0 Å². The summed E-state index contributed by atoms with van der Waals surface area (Å²) in [5.41, 5.74) is -0.670. The van der Waals surface area contributed by atoms with Gasteiger partial charge in [0.15, 0.2) is 5.69 Å². The molecule has 2 N–H and O–H groups in total. The van der Waals surface area contributed by atoms with E-state index in [1.807, 2.05) is 0 Å². The fourth-order valence-electron chi connectivity index (χ4n) is 2.69. The number of aromatic nitrogens is 1. The summed E-state index contributed by atoms with van der Waals surface area (Å²) in [7, 11) is 0. The molecule has 2 atom stereocenters. The normalized spacial score (nSPS) is 19.5. The third-order valence-corrected chi connectivity index (χ3v) is 4.83. The molecule has 1 heterocycles. The summed E-state index contributed by atoms with van der Waals surface area (Å²) in [4.78, 5) is 26.7. The van der Waals surface area contributed by atoms with E-state index in [0.717, 1.165) is 17.4 Å². The lowest BCUT2D eigenvalue weighted by Crippen LogP contribution is -2.25. The first kappa shape index (κ1) is 17.4. The number of amides is 1. The van der Waals surface area contributed by atoms with Gasteiger partial charge in [0.2, 0.25) is 5.91 Å². The van der Waals surface area contributed by atoms with Crippen molar-refractivity contribution in [2.75, 3.05) is 0 Å². The van der Waals surface area contributed by atoms with Gasteiger partial charge in [0.05, 0.1) is 12.1 Å². The number of rotatable bonds is 5. The molecule has 1 aliphatic carbocycles. The van der Waals surface area contributed by atoms with Crippen LogP contribution in [-0.2, 0) is 17.5 Å². The first-order chi connectivity index (χ1) is 11.8. The Labute approximate surface area is 144 Å². The summed E-state index contributed by atoms with van der Waals surface area (Å²) >= 11 is 1.10. The fourth-order valence-corrected chi connectivity index (χ4v) is 3.40. The highest BCUT2D eigenvalue weighted by Gasteiger charge is 2.47. The fraction of sp³-hybridized carbons (Fsp3) is 0.312. The van der Waals surface area contributed by atoms with Crippen LogP contribution in [0.3, 0.4) is 0 Å². The smallest absolute Gasteiger partial charge is 0.416 e. The Kier molecular flexibility index (Phi) is 4.51. The minimum absolute atomic E-state index is 0.0565. The van der Waals surface area contributed by atoms with Crippen molar-refractivity contribution in [3.8, 4) is 0 Å². The quantitative estimate of drug-likeness (QED) is 0.847. The summed E-state index contributed by atoms with van der Waals surface area (Å²) in [6.45, 7) is 0.0565. The molecule has 3 rings (SSSR count). The molecule has 0 aliphatic heterocycles. The number of aromatic carboxylic acids is 1. The van der Waals surface area contributed by atoms with E-state index in [2.05, 4.69) is 10.3 Å². The van der Waals surface area contributed by atoms with Crippen LogP contribution >= 0.6 is 11.3 Å². The van der Waals surface area contributed by atoms with E-state index in [-0.39, 0.29) is 23.7 Å². The topological polar surface area (TPSA) is 79.3 Å². The number of carbonyl (C=O) groups excluding carboxylic acids is 1. The number of hydrogen-bond acceptors (Lipinski definition) is 4. The Hall–Kier alpha value is -2.42. The molecule has 0 saturated heterocycles. The van der Waals surface area contributed by atoms with Gasteiger partial charge in [-0.15, -0.1) is 11.3 Å². The van der Waals surface area contributed by atoms with Gasteiger partial charge in [-0.3, -0.25) is 4.79 Å². The Morgan fingerprint density at radius 2 is 2.04 bits per heavy atom. The minimum Gasteiger partial charge on any atom is -0.476 e. The molecule has 1 aromatic carbocycles. The second-order valence-electron chi connectivity index (χ2n) is 5.68. The molecule has 25 heavy (non-hydrogen) atoms. The van der Waals surface area contributed by atoms with Crippen LogP contribution in [0, 0.1) is 5.92 Å². The first-order valence-electron chi connectivity index (χ1n) is 7.39. The van der Waals surface area contributed by atoms with E-state index >= 15 is 0 Å². The van der Waals surface area contributed by atoms with Crippen LogP contribution in [0.25, 0.3) is 0 Å². The van der Waals surface area contributed by atoms with Gasteiger partial charge in [-0.05, 0) is 24.0 Å². The predicted octanol–water partition coefficient (Wildman–Crippen LogP) is 3.28. The molecule has 2 aromatic rings. The molecule has 0 unspecified atom stereocenters. The van der Waals surface area contributed by atoms with Crippen LogP contribution in [0.4, 0.5) is 13.2 Å². The number of nitrogens with one attached hydrogen (secondary N) is 1. The molecular weight excluding hydrogens is 357 g/mol. The summed E-state index contributed by atoms with van der Waals surface area (Å²) in [6.07, 6.45) is -4.09. The molecule has 1 aromatic heterocycles. The predicted molar refractivity (Wildman–Crippen MR) is 83.2 cm³/mol. The minimum atomic E-state index is -4.45. The van der Waals surface area contributed by atoms with Crippen molar-refractivity contribution >= 4 is 23.2 Å². The third-order valence-electron chi connectivity index (χ3n) is 3.98. The van der Waals surface area contributed by atoms with Gasteiger partial charge >= 0.3 is 12.1 Å².